The average molecular weight is 175 g/mol. The van der Waals surface area contributed by atoms with Crippen LogP contribution in [0.2, 0.25) is 0 Å². The van der Waals surface area contributed by atoms with Crippen LogP contribution in [-0.2, 0) is 4.74 Å². The third-order valence-corrected chi connectivity index (χ3v) is 1.50. The van der Waals surface area contributed by atoms with Gasteiger partial charge in [-0.1, -0.05) is 0 Å². The van der Waals surface area contributed by atoms with Gasteiger partial charge in [0.15, 0.2) is 0 Å². The molecular weight excluding hydrogens is 154 g/mol. The first-order valence-electron chi connectivity index (χ1n) is 4.50. The van der Waals surface area contributed by atoms with Gasteiger partial charge in [-0.25, -0.2) is 0 Å². The molecule has 0 saturated heterocycles. The molecule has 74 valence electrons. The predicted octanol–water partition coefficient (Wildman–Crippen LogP) is 0.724. The molecule has 0 aliphatic carbocycles. The Bertz CT molecular complexity index is 105. The van der Waals surface area contributed by atoms with Gasteiger partial charge in [-0.15, -0.1) is 0 Å². The third-order valence-electron chi connectivity index (χ3n) is 1.50. The zero-order valence-corrected chi connectivity index (χ0v) is 8.58. The van der Waals surface area contributed by atoms with E-state index in [4.69, 9.17) is 9.84 Å². The lowest BCUT2D eigenvalue weighted by molar-refractivity contribution is 0.0544. The Kier molecular flexibility index (Phi) is 6.34. The van der Waals surface area contributed by atoms with E-state index in [1.54, 1.807) is 6.92 Å². The predicted molar refractivity (Wildman–Crippen MR) is 50.3 cm³/mol. The number of ether oxygens (including phenoxy) is 1. The van der Waals surface area contributed by atoms with Gasteiger partial charge in [0.2, 0.25) is 0 Å². The van der Waals surface area contributed by atoms with Crippen molar-refractivity contribution in [2.45, 2.75) is 33.0 Å². The van der Waals surface area contributed by atoms with E-state index in [0.717, 1.165) is 13.2 Å². The van der Waals surface area contributed by atoms with Crippen molar-refractivity contribution in [3.63, 3.8) is 0 Å². The number of likely N-dealkylation sites (N-methyl/N-ethyl adjacent to an activating group) is 1. The van der Waals surface area contributed by atoms with Crippen LogP contribution < -0.4 is 0 Å². The standard InChI is InChI=1S/C9H21NO2/c1-8(2)12-6-5-10(4)7-9(3)11/h8-9,11H,5-7H2,1-4H3/t9-/m1/s1. The van der Waals surface area contributed by atoms with Crippen molar-refractivity contribution in [1.29, 1.82) is 0 Å². The third kappa shape index (κ3) is 7.98. The molecule has 0 rings (SSSR count). The highest BCUT2D eigenvalue weighted by Gasteiger charge is 2.02. The van der Waals surface area contributed by atoms with Crippen LogP contribution in [0.25, 0.3) is 0 Å². The van der Waals surface area contributed by atoms with E-state index in [-0.39, 0.29) is 6.10 Å². The van der Waals surface area contributed by atoms with Gasteiger partial charge in [-0.3, -0.25) is 0 Å². The Balaban J connectivity index is 3.25. The number of rotatable bonds is 6. The molecule has 0 fully saturated rings. The maximum Gasteiger partial charge on any atom is 0.0638 e. The molecule has 0 aliphatic heterocycles. The van der Waals surface area contributed by atoms with Crippen LogP contribution in [-0.4, -0.2) is 49.0 Å². The van der Waals surface area contributed by atoms with E-state index in [1.165, 1.54) is 0 Å². The van der Waals surface area contributed by atoms with Crippen LogP contribution >= 0.6 is 0 Å². The average Bonchev–Trinajstić information content (AvgIpc) is 1.84. The van der Waals surface area contributed by atoms with Crippen LogP contribution in [0.5, 0.6) is 0 Å². The Morgan fingerprint density at radius 3 is 2.33 bits per heavy atom. The van der Waals surface area contributed by atoms with Crippen LogP contribution in [0.15, 0.2) is 0 Å². The SMILES string of the molecule is CC(C)OCCN(C)C[C@@H](C)O. The number of hydrogen-bond acceptors (Lipinski definition) is 3. The Morgan fingerprint density at radius 1 is 1.33 bits per heavy atom. The van der Waals surface area contributed by atoms with E-state index in [1.807, 2.05) is 20.9 Å². The zero-order valence-electron chi connectivity index (χ0n) is 8.58. The first-order valence-corrected chi connectivity index (χ1v) is 4.50. The summed E-state index contributed by atoms with van der Waals surface area (Å²) in [5.74, 6) is 0. The molecule has 0 bridgehead atoms. The van der Waals surface area contributed by atoms with E-state index < -0.39 is 0 Å². The van der Waals surface area contributed by atoms with Crippen LogP contribution in [0, 0.1) is 0 Å². The molecule has 12 heavy (non-hydrogen) atoms. The summed E-state index contributed by atoms with van der Waals surface area (Å²) in [4.78, 5) is 2.06. The smallest absolute Gasteiger partial charge is 0.0638 e. The summed E-state index contributed by atoms with van der Waals surface area (Å²) in [5, 5.41) is 9.05. The molecule has 3 heteroatoms. The van der Waals surface area contributed by atoms with Crippen LogP contribution in [0.1, 0.15) is 20.8 Å². The molecule has 1 atom stereocenters. The highest BCUT2D eigenvalue weighted by atomic mass is 16.5. The maximum absolute atomic E-state index is 9.05. The van der Waals surface area contributed by atoms with Gasteiger partial charge in [0.25, 0.3) is 0 Å². The molecule has 1 N–H and O–H groups in total. The molecule has 0 aromatic heterocycles. The summed E-state index contributed by atoms with van der Waals surface area (Å²) in [6.45, 7) is 8.16. The molecule has 0 radical (unpaired) electrons. The lowest BCUT2D eigenvalue weighted by Crippen LogP contribution is -2.30. The number of aliphatic hydroxyl groups is 1. The molecule has 0 unspecified atom stereocenters. The van der Waals surface area contributed by atoms with Crippen molar-refractivity contribution < 1.29 is 9.84 Å². The van der Waals surface area contributed by atoms with Crippen molar-refractivity contribution in [3.8, 4) is 0 Å². The fourth-order valence-corrected chi connectivity index (χ4v) is 0.987. The van der Waals surface area contributed by atoms with Crippen LogP contribution in [0.3, 0.4) is 0 Å². The monoisotopic (exact) mass is 175 g/mol. The molecule has 0 aromatic carbocycles. The van der Waals surface area contributed by atoms with E-state index in [9.17, 15) is 0 Å². The minimum absolute atomic E-state index is 0.256. The summed E-state index contributed by atoms with van der Waals surface area (Å²) in [6.07, 6.45) is 0.0407. The number of nitrogens with zero attached hydrogens (tertiary/aromatic N) is 1. The summed E-state index contributed by atoms with van der Waals surface area (Å²) >= 11 is 0. The molecule has 0 aliphatic rings. The molecule has 3 nitrogen and oxygen atoms in total. The summed E-state index contributed by atoms with van der Waals surface area (Å²) in [6, 6.07) is 0. The van der Waals surface area contributed by atoms with Gasteiger partial charge in [-0.2, -0.15) is 0 Å². The first kappa shape index (κ1) is 11.9. The molecule has 0 heterocycles. The van der Waals surface area contributed by atoms with Gasteiger partial charge >= 0.3 is 0 Å². The fraction of sp³-hybridized carbons (Fsp3) is 1.00. The summed E-state index contributed by atoms with van der Waals surface area (Å²) in [5.41, 5.74) is 0. The number of hydrogen-bond donors (Lipinski definition) is 1. The molecular formula is C9H21NO2. The minimum atomic E-state index is -0.256. The van der Waals surface area contributed by atoms with E-state index in [2.05, 4.69) is 4.90 Å². The first-order chi connectivity index (χ1) is 5.52. The normalized spacial score (nSPS) is 14.2. The second-order valence-electron chi connectivity index (χ2n) is 3.53. The van der Waals surface area contributed by atoms with Gasteiger partial charge in [0, 0.05) is 13.1 Å². The highest BCUT2D eigenvalue weighted by molar-refractivity contribution is 4.55. The lowest BCUT2D eigenvalue weighted by Gasteiger charge is -2.18. The van der Waals surface area contributed by atoms with E-state index in [0.29, 0.717) is 12.6 Å². The zero-order chi connectivity index (χ0) is 9.56. The minimum Gasteiger partial charge on any atom is -0.392 e. The van der Waals surface area contributed by atoms with Gasteiger partial charge in [0.1, 0.15) is 0 Å². The molecule has 0 spiro atoms. The molecule has 0 aromatic rings. The van der Waals surface area contributed by atoms with Gasteiger partial charge < -0.3 is 14.7 Å². The molecule has 0 amide bonds. The van der Waals surface area contributed by atoms with Gasteiger partial charge in [0.05, 0.1) is 18.8 Å². The number of aliphatic hydroxyl groups excluding tert-OH is 1. The van der Waals surface area contributed by atoms with Gasteiger partial charge in [-0.05, 0) is 27.8 Å². The van der Waals surface area contributed by atoms with Crippen molar-refractivity contribution in [2.75, 3.05) is 26.7 Å². The Morgan fingerprint density at radius 2 is 1.92 bits per heavy atom. The molecule has 0 saturated carbocycles. The second-order valence-corrected chi connectivity index (χ2v) is 3.53. The lowest BCUT2D eigenvalue weighted by atomic mass is 10.4. The van der Waals surface area contributed by atoms with E-state index >= 15 is 0 Å². The largest absolute Gasteiger partial charge is 0.392 e. The van der Waals surface area contributed by atoms with Crippen LogP contribution in [0.4, 0.5) is 0 Å². The topological polar surface area (TPSA) is 32.7 Å². The maximum atomic E-state index is 9.05. The Hall–Kier alpha value is -0.120. The fourth-order valence-electron chi connectivity index (χ4n) is 0.987. The van der Waals surface area contributed by atoms with Crippen molar-refractivity contribution in [1.82, 2.24) is 4.90 Å². The van der Waals surface area contributed by atoms with Crippen molar-refractivity contribution in [3.05, 3.63) is 0 Å². The quantitative estimate of drug-likeness (QED) is 0.646. The summed E-state index contributed by atoms with van der Waals surface area (Å²) in [7, 11) is 1.98. The highest BCUT2D eigenvalue weighted by Crippen LogP contribution is 1.91. The van der Waals surface area contributed by atoms with Crippen molar-refractivity contribution >= 4 is 0 Å². The Labute approximate surface area is 75.3 Å². The second kappa shape index (κ2) is 6.40. The van der Waals surface area contributed by atoms with Crippen molar-refractivity contribution in [2.24, 2.45) is 0 Å². The summed E-state index contributed by atoms with van der Waals surface area (Å²) < 4.78 is 5.37.